The van der Waals surface area contributed by atoms with Gasteiger partial charge in [-0.2, -0.15) is 0 Å². The molecule has 1 unspecified atom stereocenters. The van der Waals surface area contributed by atoms with Gasteiger partial charge in [-0.25, -0.2) is 9.78 Å². The highest BCUT2D eigenvalue weighted by atomic mass is 79.9. The average molecular weight is 321 g/mol. The van der Waals surface area contributed by atoms with E-state index >= 15 is 0 Å². The van der Waals surface area contributed by atoms with Crippen LogP contribution in [0.5, 0.6) is 0 Å². The number of fused-ring (bicyclic) bond motifs is 1. The second kappa shape index (κ2) is 4.81. The molecule has 0 spiro atoms. The minimum Gasteiger partial charge on any atom is -0.480 e. The Morgan fingerprint density at radius 2 is 2.11 bits per heavy atom. The van der Waals surface area contributed by atoms with E-state index in [0.717, 1.165) is 34.4 Å². The van der Waals surface area contributed by atoms with Crippen LogP contribution in [-0.4, -0.2) is 20.6 Å². The van der Waals surface area contributed by atoms with Gasteiger partial charge in [0, 0.05) is 21.9 Å². The third-order valence-electron chi connectivity index (χ3n) is 3.48. The van der Waals surface area contributed by atoms with Crippen molar-refractivity contribution >= 4 is 21.9 Å². The smallest absolute Gasteiger partial charge is 0.326 e. The molecule has 1 aliphatic rings. The van der Waals surface area contributed by atoms with Gasteiger partial charge in [-0.1, -0.05) is 28.1 Å². The number of carboxylic acid groups (broad SMARTS) is 1. The standard InChI is InChI=1S/C14H13BrN2O2/c15-10-6-4-9(5-7-10)13-16-8-11-2-1-3-12(14(18)19)17(11)13/h4-8,12H,1-3H2,(H,18,19). The van der Waals surface area contributed by atoms with Crippen LogP contribution >= 0.6 is 15.9 Å². The first-order valence-electron chi connectivity index (χ1n) is 6.21. The van der Waals surface area contributed by atoms with Crippen LogP contribution in [-0.2, 0) is 11.2 Å². The molecule has 4 nitrogen and oxygen atoms in total. The number of aryl methyl sites for hydroxylation is 1. The van der Waals surface area contributed by atoms with E-state index in [1.807, 2.05) is 28.8 Å². The summed E-state index contributed by atoms with van der Waals surface area (Å²) in [6.07, 6.45) is 4.27. The molecule has 1 atom stereocenters. The normalized spacial score (nSPS) is 18.1. The van der Waals surface area contributed by atoms with E-state index in [-0.39, 0.29) is 0 Å². The summed E-state index contributed by atoms with van der Waals surface area (Å²) in [6, 6.07) is 7.29. The van der Waals surface area contributed by atoms with Crippen LogP contribution in [0.1, 0.15) is 24.6 Å². The molecule has 19 heavy (non-hydrogen) atoms. The predicted molar refractivity (Wildman–Crippen MR) is 75.0 cm³/mol. The Morgan fingerprint density at radius 1 is 1.37 bits per heavy atom. The number of carbonyl (C=O) groups is 1. The summed E-state index contributed by atoms with van der Waals surface area (Å²) in [7, 11) is 0. The fourth-order valence-electron chi connectivity index (χ4n) is 2.58. The van der Waals surface area contributed by atoms with Gasteiger partial charge < -0.3 is 9.67 Å². The molecule has 0 saturated heterocycles. The highest BCUT2D eigenvalue weighted by Crippen LogP contribution is 2.31. The van der Waals surface area contributed by atoms with Crippen molar-refractivity contribution in [2.45, 2.75) is 25.3 Å². The number of nitrogens with zero attached hydrogens (tertiary/aromatic N) is 2. The number of hydrogen-bond acceptors (Lipinski definition) is 2. The molecule has 0 bridgehead atoms. The van der Waals surface area contributed by atoms with Crippen molar-refractivity contribution in [3.05, 3.63) is 40.6 Å². The lowest BCUT2D eigenvalue weighted by Gasteiger charge is -2.24. The van der Waals surface area contributed by atoms with Crippen molar-refractivity contribution in [1.29, 1.82) is 0 Å². The van der Waals surface area contributed by atoms with Crippen molar-refractivity contribution in [3.63, 3.8) is 0 Å². The van der Waals surface area contributed by atoms with Gasteiger partial charge in [0.05, 0.1) is 0 Å². The zero-order valence-electron chi connectivity index (χ0n) is 10.2. The number of halogens is 1. The molecular formula is C14H13BrN2O2. The molecule has 0 saturated carbocycles. The third-order valence-corrected chi connectivity index (χ3v) is 4.01. The first-order chi connectivity index (χ1) is 9.16. The lowest BCUT2D eigenvalue weighted by molar-refractivity contribution is -0.141. The summed E-state index contributed by atoms with van der Waals surface area (Å²) in [6.45, 7) is 0. The largest absolute Gasteiger partial charge is 0.480 e. The Bertz CT molecular complexity index is 619. The highest BCUT2D eigenvalue weighted by Gasteiger charge is 2.28. The summed E-state index contributed by atoms with van der Waals surface area (Å²) < 4.78 is 2.87. The summed E-state index contributed by atoms with van der Waals surface area (Å²) in [5.74, 6) is -0.0353. The summed E-state index contributed by atoms with van der Waals surface area (Å²) in [5.41, 5.74) is 1.96. The van der Waals surface area contributed by atoms with Gasteiger partial charge in [0.25, 0.3) is 0 Å². The quantitative estimate of drug-likeness (QED) is 0.923. The third kappa shape index (κ3) is 2.18. The van der Waals surface area contributed by atoms with Crippen molar-refractivity contribution < 1.29 is 9.90 Å². The average Bonchev–Trinajstić information content (AvgIpc) is 2.83. The molecule has 2 heterocycles. The van der Waals surface area contributed by atoms with Crippen LogP contribution in [0.3, 0.4) is 0 Å². The van der Waals surface area contributed by atoms with E-state index in [4.69, 9.17) is 0 Å². The number of carboxylic acids is 1. The molecule has 5 heteroatoms. The van der Waals surface area contributed by atoms with Crippen molar-refractivity contribution in [2.24, 2.45) is 0 Å². The van der Waals surface area contributed by atoms with E-state index in [2.05, 4.69) is 20.9 Å². The Balaban J connectivity index is 2.11. The molecule has 0 fully saturated rings. The number of aliphatic carboxylic acids is 1. The fourth-order valence-corrected chi connectivity index (χ4v) is 2.85. The van der Waals surface area contributed by atoms with E-state index in [1.165, 1.54) is 0 Å². The minimum absolute atomic E-state index is 0.495. The zero-order chi connectivity index (χ0) is 13.4. The number of hydrogen-bond donors (Lipinski definition) is 1. The topological polar surface area (TPSA) is 55.1 Å². The number of aromatic nitrogens is 2. The second-order valence-corrected chi connectivity index (χ2v) is 5.61. The molecular weight excluding hydrogens is 308 g/mol. The van der Waals surface area contributed by atoms with E-state index in [9.17, 15) is 9.90 Å². The number of imidazole rings is 1. The molecule has 3 rings (SSSR count). The van der Waals surface area contributed by atoms with Gasteiger partial charge >= 0.3 is 5.97 Å². The predicted octanol–water partition coefficient (Wildman–Crippen LogP) is 3.27. The lowest BCUT2D eigenvalue weighted by Crippen LogP contribution is -2.25. The van der Waals surface area contributed by atoms with Gasteiger partial charge in [-0.15, -0.1) is 0 Å². The van der Waals surface area contributed by atoms with Crippen LogP contribution in [0, 0.1) is 0 Å². The Morgan fingerprint density at radius 3 is 2.79 bits per heavy atom. The zero-order valence-corrected chi connectivity index (χ0v) is 11.8. The van der Waals surface area contributed by atoms with E-state index in [0.29, 0.717) is 6.42 Å². The van der Waals surface area contributed by atoms with Gasteiger partial charge in [0.15, 0.2) is 0 Å². The van der Waals surface area contributed by atoms with Crippen molar-refractivity contribution in [3.8, 4) is 11.4 Å². The van der Waals surface area contributed by atoms with E-state index < -0.39 is 12.0 Å². The molecule has 1 N–H and O–H groups in total. The minimum atomic E-state index is -0.780. The molecule has 1 aromatic carbocycles. The van der Waals surface area contributed by atoms with Crippen LogP contribution in [0.4, 0.5) is 0 Å². The summed E-state index contributed by atoms with van der Waals surface area (Å²) >= 11 is 3.40. The van der Waals surface area contributed by atoms with Gasteiger partial charge in [0.1, 0.15) is 11.9 Å². The molecule has 0 radical (unpaired) electrons. The Hall–Kier alpha value is -1.62. The molecule has 98 valence electrons. The first kappa shape index (κ1) is 12.4. The van der Waals surface area contributed by atoms with Crippen molar-refractivity contribution in [1.82, 2.24) is 9.55 Å². The molecule has 1 aromatic heterocycles. The van der Waals surface area contributed by atoms with Gasteiger partial charge in [0.2, 0.25) is 0 Å². The molecule has 0 amide bonds. The maximum Gasteiger partial charge on any atom is 0.326 e. The maximum absolute atomic E-state index is 11.4. The Kier molecular flexibility index (Phi) is 3.14. The van der Waals surface area contributed by atoms with Crippen LogP contribution in [0.15, 0.2) is 34.9 Å². The monoisotopic (exact) mass is 320 g/mol. The maximum atomic E-state index is 11.4. The summed E-state index contributed by atoms with van der Waals surface area (Å²) in [4.78, 5) is 15.8. The number of benzene rings is 1. The molecule has 1 aliphatic heterocycles. The Labute approximate surface area is 119 Å². The molecule has 0 aliphatic carbocycles. The van der Waals surface area contributed by atoms with Crippen LogP contribution in [0.2, 0.25) is 0 Å². The SMILES string of the molecule is O=C(O)C1CCCc2cnc(-c3ccc(Br)cc3)n21. The van der Waals surface area contributed by atoms with Crippen LogP contribution < -0.4 is 0 Å². The van der Waals surface area contributed by atoms with Gasteiger partial charge in [-0.3, -0.25) is 0 Å². The lowest BCUT2D eigenvalue weighted by atomic mass is 10.0. The van der Waals surface area contributed by atoms with Crippen LogP contribution in [0.25, 0.3) is 11.4 Å². The van der Waals surface area contributed by atoms with Gasteiger partial charge in [-0.05, 0) is 31.4 Å². The number of rotatable bonds is 2. The first-order valence-corrected chi connectivity index (χ1v) is 7.01. The van der Waals surface area contributed by atoms with E-state index in [1.54, 1.807) is 6.20 Å². The molecule has 2 aromatic rings. The van der Waals surface area contributed by atoms with Crippen molar-refractivity contribution in [2.75, 3.05) is 0 Å². The summed E-state index contributed by atoms with van der Waals surface area (Å²) in [5, 5.41) is 9.36. The highest BCUT2D eigenvalue weighted by molar-refractivity contribution is 9.10. The fraction of sp³-hybridized carbons (Fsp3) is 0.286. The second-order valence-electron chi connectivity index (χ2n) is 4.70.